The van der Waals surface area contributed by atoms with Crippen LogP contribution in [0.5, 0.6) is 0 Å². The Balaban J connectivity index is 2.42. The highest BCUT2D eigenvalue weighted by Gasteiger charge is 2.49. The van der Waals surface area contributed by atoms with Crippen molar-refractivity contribution in [1.82, 2.24) is 0 Å². The molecular weight excluding hydrogens is 280 g/mol. The lowest BCUT2D eigenvalue weighted by Gasteiger charge is -2.33. The summed E-state index contributed by atoms with van der Waals surface area (Å²) in [5.74, 6) is 1.79. The van der Waals surface area contributed by atoms with E-state index in [9.17, 15) is 0 Å². The van der Waals surface area contributed by atoms with Gasteiger partial charge in [0, 0.05) is 0 Å². The number of hydrogen-bond acceptors (Lipinski definition) is 0. The maximum Gasteiger partial charge on any atom is 0.0604 e. The summed E-state index contributed by atoms with van der Waals surface area (Å²) in [6.07, 6.45) is 4.27. The van der Waals surface area contributed by atoms with E-state index < -0.39 is 0 Å². The summed E-state index contributed by atoms with van der Waals surface area (Å²) in [6, 6.07) is 0. The minimum Gasteiger partial charge on any atom is -0.0558 e. The van der Waals surface area contributed by atoms with E-state index in [1.165, 1.54) is 22.7 Å². The molecule has 2 unspecified atom stereocenters. The molecule has 2 saturated carbocycles. The summed E-state index contributed by atoms with van der Waals surface area (Å²) < 4.78 is 1.22. The van der Waals surface area contributed by atoms with Gasteiger partial charge in [0.15, 0.2) is 0 Å². The van der Waals surface area contributed by atoms with Crippen LogP contribution in [0.25, 0.3) is 0 Å². The molecule has 0 N–H and O–H groups in total. The summed E-state index contributed by atoms with van der Waals surface area (Å²) in [6.45, 7) is 4.77. The molecule has 0 saturated heterocycles. The van der Waals surface area contributed by atoms with Gasteiger partial charge < -0.3 is 0 Å². The zero-order valence-electron chi connectivity index (χ0n) is 7.53. The van der Waals surface area contributed by atoms with Crippen molar-refractivity contribution in [2.45, 2.75) is 33.1 Å². The Kier molecular flexibility index (Phi) is 2.20. The van der Waals surface area contributed by atoms with E-state index in [-0.39, 0.29) is 0 Å². The molecule has 0 radical (unpaired) electrons. The molecule has 2 atom stereocenters. The Labute approximate surface area is 91.1 Å². The van der Waals surface area contributed by atoms with Crippen LogP contribution in [0.1, 0.15) is 33.1 Å². The quantitative estimate of drug-likeness (QED) is 0.619. The Bertz CT molecular complexity index is 236. The second-order valence-corrected chi connectivity index (χ2v) is 7.25. The molecule has 0 aromatic heterocycles. The Morgan fingerprint density at radius 1 is 1.33 bits per heavy atom. The van der Waals surface area contributed by atoms with Gasteiger partial charge >= 0.3 is 0 Å². The molecular formula is C10H14Br2. The van der Waals surface area contributed by atoms with E-state index in [2.05, 4.69) is 45.7 Å². The van der Waals surface area contributed by atoms with Crippen LogP contribution in [0.4, 0.5) is 0 Å². The predicted octanol–water partition coefficient (Wildman–Crippen LogP) is 4.44. The van der Waals surface area contributed by atoms with Crippen molar-refractivity contribution in [2.75, 3.05) is 0 Å². The molecule has 0 heterocycles. The minimum absolute atomic E-state index is 0.436. The molecule has 0 nitrogen and oxygen atoms in total. The number of halogens is 2. The lowest BCUT2D eigenvalue weighted by molar-refractivity contribution is 0.288. The summed E-state index contributed by atoms with van der Waals surface area (Å²) >= 11 is 7.15. The first-order valence-electron chi connectivity index (χ1n) is 4.59. The third-order valence-electron chi connectivity index (χ3n) is 3.76. The third-order valence-corrected chi connectivity index (χ3v) is 4.61. The van der Waals surface area contributed by atoms with Gasteiger partial charge in [0.1, 0.15) is 0 Å². The van der Waals surface area contributed by atoms with Gasteiger partial charge in [0.2, 0.25) is 0 Å². The van der Waals surface area contributed by atoms with E-state index in [0.717, 1.165) is 11.8 Å². The van der Waals surface area contributed by atoms with Crippen LogP contribution >= 0.6 is 31.9 Å². The largest absolute Gasteiger partial charge is 0.0604 e. The number of allylic oxidation sites excluding steroid dienone is 1. The second-order valence-electron chi connectivity index (χ2n) is 4.60. The van der Waals surface area contributed by atoms with Crippen molar-refractivity contribution >= 4 is 31.9 Å². The van der Waals surface area contributed by atoms with Crippen LogP contribution in [0.2, 0.25) is 0 Å². The van der Waals surface area contributed by atoms with Gasteiger partial charge in [-0.15, -0.1) is 0 Å². The number of fused-ring (bicyclic) bond motifs is 2. The van der Waals surface area contributed by atoms with Crippen LogP contribution in [0.15, 0.2) is 8.96 Å². The van der Waals surface area contributed by atoms with E-state index in [1.807, 2.05) is 0 Å². The Morgan fingerprint density at radius 2 is 2.00 bits per heavy atom. The van der Waals surface area contributed by atoms with Crippen LogP contribution in [0, 0.1) is 17.3 Å². The second kappa shape index (κ2) is 2.84. The molecule has 0 aromatic carbocycles. The Morgan fingerprint density at radius 3 is 2.33 bits per heavy atom. The first kappa shape index (κ1) is 9.26. The highest BCUT2D eigenvalue weighted by molar-refractivity contribution is 9.28. The van der Waals surface area contributed by atoms with Crippen LogP contribution in [-0.2, 0) is 0 Å². The number of rotatable bonds is 0. The molecule has 12 heavy (non-hydrogen) atoms. The van der Waals surface area contributed by atoms with Crippen molar-refractivity contribution in [3.8, 4) is 0 Å². The van der Waals surface area contributed by atoms with E-state index in [0.29, 0.717) is 5.41 Å². The van der Waals surface area contributed by atoms with Gasteiger partial charge in [-0.1, -0.05) is 13.8 Å². The summed E-state index contributed by atoms with van der Waals surface area (Å²) in [5, 5.41) is 0. The fourth-order valence-corrected chi connectivity index (χ4v) is 4.71. The third kappa shape index (κ3) is 1.14. The first-order chi connectivity index (χ1) is 5.53. The highest BCUT2D eigenvalue weighted by Crippen LogP contribution is 2.60. The summed E-state index contributed by atoms with van der Waals surface area (Å²) in [4.78, 5) is 0. The van der Waals surface area contributed by atoms with Crippen molar-refractivity contribution in [1.29, 1.82) is 0 Å². The molecule has 0 aliphatic heterocycles. The van der Waals surface area contributed by atoms with Gasteiger partial charge in [-0.25, -0.2) is 0 Å². The molecule has 2 heteroatoms. The fourth-order valence-electron chi connectivity index (χ4n) is 3.04. The standard InChI is InChI=1S/C10H14Br2/c1-10(2)7-4-3-6(5-7)8(10)9(11)12/h6-7H,3-5H2,1-2H3. The lowest BCUT2D eigenvalue weighted by atomic mass is 9.73. The maximum absolute atomic E-state index is 3.57. The van der Waals surface area contributed by atoms with Crippen molar-refractivity contribution in [2.24, 2.45) is 17.3 Å². The molecule has 2 rings (SSSR count). The topological polar surface area (TPSA) is 0 Å². The van der Waals surface area contributed by atoms with E-state index in [1.54, 1.807) is 5.57 Å². The van der Waals surface area contributed by atoms with E-state index in [4.69, 9.17) is 0 Å². The van der Waals surface area contributed by atoms with Crippen molar-refractivity contribution in [3.05, 3.63) is 8.96 Å². The van der Waals surface area contributed by atoms with Gasteiger partial charge in [-0.3, -0.25) is 0 Å². The lowest BCUT2D eigenvalue weighted by Crippen LogP contribution is -2.22. The van der Waals surface area contributed by atoms with Crippen LogP contribution < -0.4 is 0 Å². The van der Waals surface area contributed by atoms with Crippen LogP contribution in [-0.4, -0.2) is 0 Å². The van der Waals surface area contributed by atoms with Crippen molar-refractivity contribution < 1.29 is 0 Å². The van der Waals surface area contributed by atoms with Crippen molar-refractivity contribution in [3.63, 3.8) is 0 Å². The molecule has 2 bridgehead atoms. The minimum atomic E-state index is 0.436. The first-order valence-corrected chi connectivity index (χ1v) is 6.17. The summed E-state index contributed by atoms with van der Waals surface area (Å²) in [7, 11) is 0. The predicted molar refractivity (Wildman–Crippen MR) is 59.5 cm³/mol. The normalized spacial score (nSPS) is 37.5. The van der Waals surface area contributed by atoms with Crippen LogP contribution in [0.3, 0.4) is 0 Å². The highest BCUT2D eigenvalue weighted by atomic mass is 79.9. The Hall–Kier alpha value is 0.700. The number of hydrogen-bond donors (Lipinski definition) is 0. The SMILES string of the molecule is CC1(C)C(=C(Br)Br)C2CCC1C2. The zero-order chi connectivity index (χ0) is 8.93. The van der Waals surface area contributed by atoms with E-state index >= 15 is 0 Å². The van der Waals surface area contributed by atoms with Gasteiger partial charge in [0.05, 0.1) is 3.39 Å². The smallest absolute Gasteiger partial charge is 0.0558 e. The van der Waals surface area contributed by atoms with Gasteiger partial charge in [0.25, 0.3) is 0 Å². The van der Waals surface area contributed by atoms with Gasteiger partial charge in [-0.2, -0.15) is 0 Å². The zero-order valence-corrected chi connectivity index (χ0v) is 10.7. The van der Waals surface area contributed by atoms with Gasteiger partial charge in [-0.05, 0) is 73.9 Å². The molecule has 2 fully saturated rings. The average Bonchev–Trinajstić information content (AvgIpc) is 2.41. The molecule has 0 aromatic rings. The molecule has 0 spiro atoms. The fraction of sp³-hybridized carbons (Fsp3) is 0.800. The summed E-state index contributed by atoms with van der Waals surface area (Å²) in [5.41, 5.74) is 2.06. The molecule has 2 aliphatic rings. The molecule has 0 amide bonds. The molecule has 68 valence electrons. The maximum atomic E-state index is 3.57. The monoisotopic (exact) mass is 292 g/mol. The average molecular weight is 294 g/mol. The molecule has 2 aliphatic carbocycles.